The Kier molecular flexibility index (Phi) is 7.92. The van der Waals surface area contributed by atoms with Gasteiger partial charge in [0.2, 0.25) is 0 Å². The van der Waals surface area contributed by atoms with Gasteiger partial charge in [-0.05, 0) is 77.7 Å². The first-order valence-electron chi connectivity index (χ1n) is 11.5. The number of carbonyl (C=O) groups excluding carboxylic acids is 2. The Hall–Kier alpha value is -3.52. The van der Waals surface area contributed by atoms with E-state index in [1.165, 1.54) is 13.5 Å². The molecule has 4 rings (SSSR count). The van der Waals surface area contributed by atoms with Crippen LogP contribution in [0.5, 0.6) is 5.75 Å². The van der Waals surface area contributed by atoms with Crippen LogP contribution in [0.2, 0.25) is 0 Å². The Bertz CT molecular complexity index is 1220. The highest BCUT2D eigenvalue weighted by Crippen LogP contribution is 2.25. The normalized spacial score (nSPS) is 13.3. The van der Waals surface area contributed by atoms with E-state index in [1.54, 1.807) is 54.7 Å². The van der Waals surface area contributed by atoms with E-state index in [-0.39, 0.29) is 18.1 Å². The number of pyridine rings is 1. The molecule has 0 saturated carbocycles. The largest absolute Gasteiger partial charge is 0.497 e. The number of anilines is 1. The summed E-state index contributed by atoms with van der Waals surface area (Å²) in [6.07, 6.45) is 5.15. The third-order valence-electron chi connectivity index (χ3n) is 6.00. The van der Waals surface area contributed by atoms with E-state index in [0.29, 0.717) is 34.1 Å². The number of likely N-dealkylation sites (tertiary alicyclic amines) is 1. The molecule has 0 aliphatic carbocycles. The maximum Gasteiger partial charge on any atom is 0.255 e. The fourth-order valence-electron chi connectivity index (χ4n) is 4.03. The summed E-state index contributed by atoms with van der Waals surface area (Å²) in [5.74, 6) is 0.498. The molecule has 0 unspecified atom stereocenters. The zero-order valence-corrected chi connectivity index (χ0v) is 21.1. The van der Waals surface area contributed by atoms with Crippen molar-refractivity contribution in [1.82, 2.24) is 9.88 Å². The summed E-state index contributed by atoms with van der Waals surface area (Å²) in [5, 5.41) is 11.3. The number of methoxy groups -OCH3 is 1. The third-order valence-corrected chi connectivity index (χ3v) is 6.47. The van der Waals surface area contributed by atoms with Gasteiger partial charge in [0, 0.05) is 46.1 Å². The Labute approximate surface area is 213 Å². The second-order valence-electron chi connectivity index (χ2n) is 8.41. The van der Waals surface area contributed by atoms with Crippen LogP contribution in [0, 0.1) is 5.41 Å². The Morgan fingerprint density at radius 2 is 1.74 bits per heavy atom. The van der Waals surface area contributed by atoms with Crippen molar-refractivity contribution < 1.29 is 14.3 Å². The molecule has 1 saturated heterocycles. The summed E-state index contributed by atoms with van der Waals surface area (Å²) in [6.45, 7) is 1.79. The number of halogens is 1. The van der Waals surface area contributed by atoms with Crippen molar-refractivity contribution in [3.8, 4) is 5.75 Å². The van der Waals surface area contributed by atoms with Crippen molar-refractivity contribution >= 4 is 39.1 Å². The average Bonchev–Trinajstić information content (AvgIpc) is 2.90. The van der Waals surface area contributed by atoms with Gasteiger partial charge in [-0.3, -0.25) is 20.0 Å². The van der Waals surface area contributed by atoms with Crippen LogP contribution in [0.4, 0.5) is 5.69 Å². The van der Waals surface area contributed by atoms with Gasteiger partial charge < -0.3 is 15.0 Å². The van der Waals surface area contributed by atoms with Gasteiger partial charge in [-0.15, -0.1) is 0 Å². The maximum absolute atomic E-state index is 13.1. The number of amidine groups is 1. The average molecular weight is 535 g/mol. The molecule has 180 valence electrons. The van der Waals surface area contributed by atoms with Crippen LogP contribution >= 0.6 is 15.9 Å². The highest BCUT2D eigenvalue weighted by atomic mass is 79.9. The van der Waals surface area contributed by atoms with E-state index in [2.05, 4.69) is 31.1 Å². The Morgan fingerprint density at radius 1 is 1.03 bits per heavy atom. The SMILES string of the molecule is COc1ccc(NC(=O)c2ccc(C(=N)N3CCCCC3)cc2)c(C(=O)Cc2ccc(Br)cn2)c1. The van der Waals surface area contributed by atoms with E-state index >= 15 is 0 Å². The predicted octanol–water partition coefficient (Wildman–Crippen LogP) is 5.34. The Balaban J connectivity index is 1.49. The molecule has 1 fully saturated rings. The van der Waals surface area contributed by atoms with Crippen molar-refractivity contribution in [1.29, 1.82) is 5.41 Å². The van der Waals surface area contributed by atoms with E-state index in [9.17, 15) is 9.59 Å². The van der Waals surface area contributed by atoms with Crippen molar-refractivity contribution in [2.75, 3.05) is 25.5 Å². The minimum Gasteiger partial charge on any atom is -0.497 e. The number of amides is 1. The van der Waals surface area contributed by atoms with Gasteiger partial charge in [0.05, 0.1) is 19.2 Å². The van der Waals surface area contributed by atoms with E-state index in [4.69, 9.17) is 10.1 Å². The fraction of sp³-hybridized carbons (Fsp3) is 0.259. The number of piperidine rings is 1. The molecule has 7 nitrogen and oxygen atoms in total. The molecule has 0 atom stereocenters. The lowest BCUT2D eigenvalue weighted by Crippen LogP contribution is -2.35. The van der Waals surface area contributed by atoms with Gasteiger partial charge in [-0.1, -0.05) is 12.1 Å². The molecular weight excluding hydrogens is 508 g/mol. The predicted molar refractivity (Wildman–Crippen MR) is 140 cm³/mol. The molecule has 1 amide bonds. The standard InChI is InChI=1S/C27H27BrN4O3/c1-35-22-11-12-24(23(16-22)25(33)15-21-10-9-20(28)17-30-21)31-27(34)19-7-5-18(6-8-19)26(29)32-13-3-2-4-14-32/h5-12,16-17,29H,2-4,13-15H2,1H3,(H,31,34). The summed E-state index contributed by atoms with van der Waals surface area (Å²) < 4.78 is 6.12. The van der Waals surface area contributed by atoms with Crippen molar-refractivity contribution in [3.63, 3.8) is 0 Å². The second kappa shape index (κ2) is 11.3. The van der Waals surface area contributed by atoms with E-state index in [1.807, 2.05) is 6.07 Å². The first kappa shape index (κ1) is 24.6. The van der Waals surface area contributed by atoms with Crippen molar-refractivity contribution in [2.45, 2.75) is 25.7 Å². The molecule has 0 spiro atoms. The van der Waals surface area contributed by atoms with Crippen LogP contribution in [-0.4, -0.2) is 47.6 Å². The number of benzene rings is 2. The molecule has 1 aliphatic heterocycles. The van der Waals surface area contributed by atoms with Crippen molar-refractivity contribution in [3.05, 3.63) is 87.7 Å². The Morgan fingerprint density at radius 3 is 2.40 bits per heavy atom. The number of aromatic nitrogens is 1. The molecule has 0 radical (unpaired) electrons. The zero-order chi connectivity index (χ0) is 24.8. The minimum absolute atomic E-state index is 0.0939. The van der Waals surface area contributed by atoms with E-state index < -0.39 is 0 Å². The van der Waals surface area contributed by atoms with Gasteiger partial charge in [-0.25, -0.2) is 0 Å². The summed E-state index contributed by atoms with van der Waals surface area (Å²) in [4.78, 5) is 32.4. The molecule has 2 N–H and O–H groups in total. The highest BCUT2D eigenvalue weighted by Gasteiger charge is 2.18. The molecule has 8 heteroatoms. The van der Waals surface area contributed by atoms with Crippen LogP contribution in [0.1, 0.15) is 51.2 Å². The van der Waals surface area contributed by atoms with Crippen LogP contribution in [-0.2, 0) is 6.42 Å². The lowest BCUT2D eigenvalue weighted by atomic mass is 10.0. The lowest BCUT2D eigenvalue weighted by molar-refractivity contribution is 0.0992. The zero-order valence-electron chi connectivity index (χ0n) is 19.5. The van der Waals surface area contributed by atoms with Gasteiger partial charge in [0.1, 0.15) is 11.6 Å². The monoisotopic (exact) mass is 534 g/mol. The lowest BCUT2D eigenvalue weighted by Gasteiger charge is -2.29. The molecule has 2 heterocycles. The number of carbonyl (C=O) groups is 2. The van der Waals surface area contributed by atoms with Gasteiger partial charge in [-0.2, -0.15) is 0 Å². The smallest absolute Gasteiger partial charge is 0.255 e. The molecule has 0 bridgehead atoms. The van der Waals surface area contributed by atoms with E-state index in [0.717, 1.165) is 36.0 Å². The summed E-state index contributed by atoms with van der Waals surface area (Å²) in [7, 11) is 1.53. The number of ketones is 1. The second-order valence-corrected chi connectivity index (χ2v) is 9.32. The maximum atomic E-state index is 13.1. The topological polar surface area (TPSA) is 95.4 Å². The van der Waals surface area contributed by atoms with Crippen LogP contribution in [0.3, 0.4) is 0 Å². The summed E-state index contributed by atoms with van der Waals surface area (Å²) in [5.41, 5.74) is 2.62. The first-order valence-corrected chi connectivity index (χ1v) is 12.3. The fourth-order valence-corrected chi connectivity index (χ4v) is 4.27. The van der Waals surface area contributed by atoms with Crippen LogP contribution in [0.15, 0.2) is 65.3 Å². The number of ether oxygens (including phenoxy) is 1. The van der Waals surface area contributed by atoms with Gasteiger partial charge >= 0.3 is 0 Å². The van der Waals surface area contributed by atoms with Gasteiger partial charge in [0.25, 0.3) is 5.91 Å². The molecular formula is C27H27BrN4O3. The summed E-state index contributed by atoms with van der Waals surface area (Å²) >= 11 is 3.34. The van der Waals surface area contributed by atoms with Gasteiger partial charge in [0.15, 0.2) is 5.78 Å². The number of nitrogens with one attached hydrogen (secondary N) is 2. The van der Waals surface area contributed by atoms with Crippen molar-refractivity contribution in [2.24, 2.45) is 0 Å². The molecule has 2 aromatic carbocycles. The molecule has 35 heavy (non-hydrogen) atoms. The van der Waals surface area contributed by atoms with Crippen LogP contribution < -0.4 is 10.1 Å². The third kappa shape index (κ3) is 6.14. The van der Waals surface area contributed by atoms with Crippen LogP contribution in [0.25, 0.3) is 0 Å². The quantitative estimate of drug-likeness (QED) is 0.242. The number of hydrogen-bond donors (Lipinski definition) is 2. The first-order chi connectivity index (χ1) is 16.9. The number of rotatable bonds is 7. The highest BCUT2D eigenvalue weighted by molar-refractivity contribution is 9.10. The number of Topliss-reactive ketones (excluding diaryl/α,β-unsaturated/α-hetero) is 1. The molecule has 3 aromatic rings. The number of nitrogens with zero attached hydrogens (tertiary/aromatic N) is 2. The summed E-state index contributed by atoms with van der Waals surface area (Å²) in [6, 6.07) is 15.6. The molecule has 1 aromatic heterocycles. The number of hydrogen-bond acceptors (Lipinski definition) is 5. The molecule has 1 aliphatic rings. The minimum atomic E-state index is -0.331.